The Balaban J connectivity index is 1.49. The molecule has 1 N–H and O–H groups in total. The maximum absolute atomic E-state index is 11.2. The summed E-state index contributed by atoms with van der Waals surface area (Å²) >= 11 is 1.55. The minimum atomic E-state index is -0.920. The van der Waals surface area contributed by atoms with Crippen molar-refractivity contribution >= 4 is 17.3 Å². The van der Waals surface area contributed by atoms with E-state index in [-0.39, 0.29) is 17.7 Å². The predicted octanol–water partition coefficient (Wildman–Crippen LogP) is 2.89. The second-order valence-electron chi connectivity index (χ2n) is 6.69. The number of carboxylic acid groups (broad SMARTS) is 1. The van der Waals surface area contributed by atoms with Gasteiger partial charge in [0.25, 0.3) is 0 Å². The summed E-state index contributed by atoms with van der Waals surface area (Å²) < 4.78 is 11.6. The molecule has 0 radical (unpaired) electrons. The molecule has 2 aromatic rings. The lowest BCUT2D eigenvalue weighted by Crippen LogP contribution is -2.51. The average Bonchev–Trinajstić information content (AvgIpc) is 3.34. The second kappa shape index (κ2) is 7.84. The third-order valence-corrected chi connectivity index (χ3v) is 5.89. The lowest BCUT2D eigenvalue weighted by atomic mass is 10.1. The van der Waals surface area contributed by atoms with Crippen molar-refractivity contribution in [1.82, 2.24) is 9.88 Å². The van der Waals surface area contributed by atoms with Crippen molar-refractivity contribution in [2.75, 3.05) is 26.4 Å². The topological polar surface area (TPSA) is 71.9 Å². The maximum atomic E-state index is 11.2. The van der Waals surface area contributed by atoms with Gasteiger partial charge < -0.3 is 14.6 Å². The zero-order valence-corrected chi connectivity index (χ0v) is 15.3. The van der Waals surface area contributed by atoms with Gasteiger partial charge in [-0.15, -0.1) is 11.3 Å². The van der Waals surface area contributed by atoms with Crippen LogP contribution in [0.5, 0.6) is 0 Å². The van der Waals surface area contributed by atoms with Crippen LogP contribution < -0.4 is 0 Å². The molecule has 2 atom stereocenters. The molecule has 1 aromatic carbocycles. The Hall–Kier alpha value is -1.80. The molecule has 138 valence electrons. The number of aromatic carboxylic acids is 1. The molecule has 6 nitrogen and oxygen atoms in total. The van der Waals surface area contributed by atoms with Gasteiger partial charge in [-0.3, -0.25) is 4.90 Å². The summed E-state index contributed by atoms with van der Waals surface area (Å²) in [5.41, 5.74) is 2.14. The molecule has 2 aliphatic rings. The SMILES string of the molecule is O=C(O)c1cccc(-c2nc(CN3CCOCC3C3CCCO3)cs2)c1. The van der Waals surface area contributed by atoms with E-state index in [1.165, 1.54) is 0 Å². The third-order valence-electron chi connectivity index (χ3n) is 4.95. The predicted molar refractivity (Wildman–Crippen MR) is 98.5 cm³/mol. The first-order valence-electron chi connectivity index (χ1n) is 8.92. The fourth-order valence-electron chi connectivity index (χ4n) is 3.61. The van der Waals surface area contributed by atoms with E-state index in [9.17, 15) is 4.79 Å². The van der Waals surface area contributed by atoms with Crippen LogP contribution in [0.3, 0.4) is 0 Å². The Morgan fingerprint density at radius 3 is 3.12 bits per heavy atom. The van der Waals surface area contributed by atoms with Crippen molar-refractivity contribution in [2.45, 2.75) is 31.5 Å². The van der Waals surface area contributed by atoms with Gasteiger partial charge in [0.2, 0.25) is 0 Å². The number of rotatable bonds is 5. The Morgan fingerprint density at radius 1 is 1.38 bits per heavy atom. The van der Waals surface area contributed by atoms with E-state index in [0.717, 1.165) is 55.4 Å². The molecule has 0 spiro atoms. The number of hydrogen-bond donors (Lipinski definition) is 1. The summed E-state index contributed by atoms with van der Waals surface area (Å²) in [7, 11) is 0. The van der Waals surface area contributed by atoms with Crippen molar-refractivity contribution < 1.29 is 19.4 Å². The van der Waals surface area contributed by atoms with Crippen LogP contribution in [0.4, 0.5) is 0 Å². The Morgan fingerprint density at radius 2 is 2.31 bits per heavy atom. The molecular weight excluding hydrogens is 352 g/mol. The van der Waals surface area contributed by atoms with E-state index in [1.807, 2.05) is 6.07 Å². The number of carbonyl (C=O) groups is 1. The van der Waals surface area contributed by atoms with Gasteiger partial charge in [-0.25, -0.2) is 9.78 Å². The highest BCUT2D eigenvalue weighted by atomic mass is 32.1. The van der Waals surface area contributed by atoms with Crippen molar-refractivity contribution in [3.05, 3.63) is 40.9 Å². The largest absolute Gasteiger partial charge is 0.478 e. The standard InChI is InChI=1S/C19H22N2O4S/c22-19(23)14-4-1-3-13(9-14)18-20-15(12-26-18)10-21-6-8-24-11-16(21)17-5-2-7-25-17/h1,3-4,9,12,16-17H,2,5-8,10-11H2,(H,22,23). The van der Waals surface area contributed by atoms with Gasteiger partial charge in [0.1, 0.15) is 5.01 Å². The highest BCUT2D eigenvalue weighted by molar-refractivity contribution is 7.13. The summed E-state index contributed by atoms with van der Waals surface area (Å²) in [4.78, 5) is 18.3. The van der Waals surface area contributed by atoms with Crippen molar-refractivity contribution in [3.63, 3.8) is 0 Å². The van der Waals surface area contributed by atoms with Gasteiger partial charge in [-0.2, -0.15) is 0 Å². The van der Waals surface area contributed by atoms with Crippen LogP contribution in [-0.4, -0.2) is 59.5 Å². The molecule has 3 heterocycles. The molecule has 4 rings (SSSR count). The number of nitrogens with zero attached hydrogens (tertiary/aromatic N) is 2. The molecule has 2 aliphatic heterocycles. The Kier molecular flexibility index (Phi) is 5.31. The van der Waals surface area contributed by atoms with Gasteiger partial charge in [-0.1, -0.05) is 12.1 Å². The zero-order valence-electron chi connectivity index (χ0n) is 14.5. The summed E-state index contributed by atoms with van der Waals surface area (Å²) in [6.07, 6.45) is 2.46. The number of morpholine rings is 1. The monoisotopic (exact) mass is 374 g/mol. The van der Waals surface area contributed by atoms with Crippen LogP contribution in [0.25, 0.3) is 10.6 Å². The molecule has 2 saturated heterocycles. The van der Waals surface area contributed by atoms with Gasteiger partial charge in [0.05, 0.1) is 36.6 Å². The molecule has 0 bridgehead atoms. The number of aromatic nitrogens is 1. The number of ether oxygens (including phenoxy) is 2. The van der Waals surface area contributed by atoms with Crippen molar-refractivity contribution in [1.29, 1.82) is 0 Å². The summed E-state index contributed by atoms with van der Waals surface area (Å²) in [6, 6.07) is 7.22. The molecule has 2 fully saturated rings. The summed E-state index contributed by atoms with van der Waals surface area (Å²) in [5, 5.41) is 12.1. The highest BCUT2D eigenvalue weighted by Crippen LogP contribution is 2.27. The third kappa shape index (κ3) is 3.81. The van der Waals surface area contributed by atoms with E-state index in [2.05, 4.69) is 10.3 Å². The second-order valence-corrected chi connectivity index (χ2v) is 7.55. The highest BCUT2D eigenvalue weighted by Gasteiger charge is 2.33. The number of carboxylic acids is 1. The van der Waals surface area contributed by atoms with Gasteiger partial charge >= 0.3 is 5.97 Å². The summed E-state index contributed by atoms with van der Waals surface area (Å²) in [5.74, 6) is -0.920. The Labute approximate surface area is 156 Å². The van der Waals surface area contributed by atoms with Crippen LogP contribution >= 0.6 is 11.3 Å². The molecular formula is C19H22N2O4S. The van der Waals surface area contributed by atoms with E-state index in [4.69, 9.17) is 19.6 Å². The average molecular weight is 374 g/mol. The maximum Gasteiger partial charge on any atom is 0.335 e. The molecule has 26 heavy (non-hydrogen) atoms. The van der Waals surface area contributed by atoms with Crippen LogP contribution in [0, 0.1) is 0 Å². The van der Waals surface area contributed by atoms with E-state index in [1.54, 1.807) is 29.5 Å². The van der Waals surface area contributed by atoms with Crippen LogP contribution in [0.15, 0.2) is 29.6 Å². The molecule has 1 aromatic heterocycles. The minimum Gasteiger partial charge on any atom is -0.478 e. The molecule has 0 amide bonds. The van der Waals surface area contributed by atoms with Crippen LogP contribution in [0.1, 0.15) is 28.9 Å². The normalized spacial score (nSPS) is 24.0. The molecule has 0 aliphatic carbocycles. The van der Waals surface area contributed by atoms with Crippen LogP contribution in [0.2, 0.25) is 0 Å². The van der Waals surface area contributed by atoms with Gasteiger partial charge in [0.15, 0.2) is 0 Å². The van der Waals surface area contributed by atoms with Crippen LogP contribution in [-0.2, 0) is 16.0 Å². The van der Waals surface area contributed by atoms with Crippen molar-refractivity contribution in [2.24, 2.45) is 0 Å². The van der Waals surface area contributed by atoms with E-state index >= 15 is 0 Å². The first kappa shape index (κ1) is 17.6. The first-order chi connectivity index (χ1) is 12.7. The van der Waals surface area contributed by atoms with E-state index in [0.29, 0.717) is 6.61 Å². The first-order valence-corrected chi connectivity index (χ1v) is 9.80. The quantitative estimate of drug-likeness (QED) is 0.868. The fourth-order valence-corrected chi connectivity index (χ4v) is 4.42. The lowest BCUT2D eigenvalue weighted by Gasteiger charge is -2.38. The van der Waals surface area contributed by atoms with Crippen molar-refractivity contribution in [3.8, 4) is 10.6 Å². The Bertz CT molecular complexity index is 772. The zero-order chi connectivity index (χ0) is 17.9. The van der Waals surface area contributed by atoms with E-state index < -0.39 is 5.97 Å². The molecule has 0 saturated carbocycles. The fraction of sp³-hybridized carbons (Fsp3) is 0.474. The lowest BCUT2D eigenvalue weighted by molar-refractivity contribution is -0.0688. The molecule has 2 unspecified atom stereocenters. The number of thiazole rings is 1. The smallest absolute Gasteiger partial charge is 0.335 e. The summed E-state index contributed by atoms with van der Waals surface area (Å²) in [6.45, 7) is 3.94. The molecule has 7 heteroatoms. The van der Waals surface area contributed by atoms with Gasteiger partial charge in [0, 0.05) is 30.6 Å². The number of hydrogen-bond acceptors (Lipinski definition) is 6. The minimum absolute atomic E-state index is 0.251. The van der Waals surface area contributed by atoms with Gasteiger partial charge in [-0.05, 0) is 25.0 Å². The number of benzene rings is 1.